The zero-order valence-corrected chi connectivity index (χ0v) is 15.6. The Morgan fingerprint density at radius 1 is 1.27 bits per heavy atom. The van der Waals surface area contributed by atoms with Crippen molar-refractivity contribution in [3.05, 3.63) is 52.7 Å². The molecule has 0 bridgehead atoms. The van der Waals surface area contributed by atoms with Gasteiger partial charge in [0.1, 0.15) is 11.6 Å². The van der Waals surface area contributed by atoms with Crippen LogP contribution in [0.3, 0.4) is 0 Å². The molecule has 1 aromatic carbocycles. The van der Waals surface area contributed by atoms with Gasteiger partial charge in [-0.2, -0.15) is 0 Å². The maximum Gasteiger partial charge on any atom is 0.253 e. The molecule has 0 radical (unpaired) electrons. The fourth-order valence-electron chi connectivity index (χ4n) is 3.14. The van der Waals surface area contributed by atoms with Crippen molar-refractivity contribution in [3.8, 4) is 5.75 Å². The van der Waals surface area contributed by atoms with Crippen LogP contribution in [0.15, 0.2) is 36.5 Å². The van der Waals surface area contributed by atoms with Crippen molar-refractivity contribution in [2.75, 3.05) is 39.0 Å². The third-order valence-electron chi connectivity index (χ3n) is 4.59. The number of benzene rings is 1. The van der Waals surface area contributed by atoms with Gasteiger partial charge in [-0.25, -0.2) is 4.98 Å². The smallest absolute Gasteiger partial charge is 0.253 e. The van der Waals surface area contributed by atoms with Crippen molar-refractivity contribution in [3.63, 3.8) is 0 Å². The molecule has 2 N–H and O–H groups in total. The standard InChI is InChI=1S/C19H23ClN4O2/c1-26-17-6-5-14(12-16(17)20)19(25)24-9-3-8-23(10-11-24)13-15-4-2-7-22-18(15)21/h2,4-7,12H,3,8-11,13H2,1H3,(H2,21,22). The van der Waals surface area contributed by atoms with E-state index in [0.717, 1.165) is 38.2 Å². The third-order valence-corrected chi connectivity index (χ3v) is 4.89. The van der Waals surface area contributed by atoms with Gasteiger partial charge in [0.2, 0.25) is 0 Å². The summed E-state index contributed by atoms with van der Waals surface area (Å²) in [6.07, 6.45) is 2.61. The predicted octanol–water partition coefficient (Wildman–Crippen LogP) is 2.67. The van der Waals surface area contributed by atoms with Gasteiger partial charge in [-0.15, -0.1) is 0 Å². The lowest BCUT2D eigenvalue weighted by atomic mass is 10.2. The minimum absolute atomic E-state index is 0.00250. The number of amides is 1. The van der Waals surface area contributed by atoms with E-state index in [1.54, 1.807) is 31.5 Å². The van der Waals surface area contributed by atoms with E-state index in [4.69, 9.17) is 22.1 Å². The lowest BCUT2D eigenvalue weighted by Crippen LogP contribution is -2.35. The first-order valence-corrected chi connectivity index (χ1v) is 9.01. The predicted molar refractivity (Wildman–Crippen MR) is 102 cm³/mol. The molecule has 1 aromatic heterocycles. The van der Waals surface area contributed by atoms with E-state index < -0.39 is 0 Å². The van der Waals surface area contributed by atoms with Crippen LogP contribution in [0.1, 0.15) is 22.3 Å². The normalized spacial score (nSPS) is 15.5. The molecule has 0 spiro atoms. The van der Waals surface area contributed by atoms with Crippen LogP contribution < -0.4 is 10.5 Å². The second-order valence-corrected chi connectivity index (χ2v) is 6.73. The number of methoxy groups -OCH3 is 1. The minimum Gasteiger partial charge on any atom is -0.495 e. The summed E-state index contributed by atoms with van der Waals surface area (Å²) in [6, 6.07) is 9.04. The van der Waals surface area contributed by atoms with Crippen LogP contribution in [0.25, 0.3) is 0 Å². The number of nitrogens with zero attached hydrogens (tertiary/aromatic N) is 3. The van der Waals surface area contributed by atoms with Crippen molar-refractivity contribution in [2.45, 2.75) is 13.0 Å². The number of carbonyl (C=O) groups is 1. The Morgan fingerprint density at radius 3 is 2.85 bits per heavy atom. The monoisotopic (exact) mass is 374 g/mol. The number of pyridine rings is 1. The second kappa shape index (κ2) is 8.38. The van der Waals surface area contributed by atoms with Crippen molar-refractivity contribution in [2.24, 2.45) is 0 Å². The van der Waals surface area contributed by atoms with Crippen molar-refractivity contribution >= 4 is 23.3 Å². The van der Waals surface area contributed by atoms with Crippen LogP contribution in [-0.2, 0) is 6.54 Å². The van der Waals surface area contributed by atoms with E-state index >= 15 is 0 Å². The first kappa shape index (κ1) is 18.5. The summed E-state index contributed by atoms with van der Waals surface area (Å²) in [5, 5.41) is 0.446. The first-order valence-electron chi connectivity index (χ1n) is 8.63. The number of hydrogen-bond acceptors (Lipinski definition) is 5. The molecule has 138 valence electrons. The highest BCUT2D eigenvalue weighted by atomic mass is 35.5. The van der Waals surface area contributed by atoms with Crippen LogP contribution in [0.2, 0.25) is 5.02 Å². The third kappa shape index (κ3) is 4.26. The van der Waals surface area contributed by atoms with Crippen LogP contribution in [0.4, 0.5) is 5.82 Å². The molecule has 0 atom stereocenters. The quantitative estimate of drug-likeness (QED) is 0.890. The molecular weight excluding hydrogens is 352 g/mol. The number of rotatable bonds is 4. The maximum atomic E-state index is 12.8. The average molecular weight is 375 g/mol. The van der Waals surface area contributed by atoms with Crippen LogP contribution in [0, 0.1) is 0 Å². The van der Waals surface area contributed by atoms with Crippen LogP contribution >= 0.6 is 11.6 Å². The van der Waals surface area contributed by atoms with Gasteiger partial charge in [0, 0.05) is 50.0 Å². The Labute approximate surface area is 158 Å². The fraction of sp³-hybridized carbons (Fsp3) is 0.368. The van der Waals surface area contributed by atoms with E-state index in [-0.39, 0.29) is 5.91 Å². The maximum absolute atomic E-state index is 12.8. The summed E-state index contributed by atoms with van der Waals surface area (Å²) in [5.41, 5.74) is 7.55. The summed E-state index contributed by atoms with van der Waals surface area (Å²) in [7, 11) is 1.56. The zero-order chi connectivity index (χ0) is 18.5. The number of anilines is 1. The summed E-state index contributed by atoms with van der Waals surface area (Å²) in [4.78, 5) is 21.1. The van der Waals surface area contributed by atoms with Gasteiger partial charge >= 0.3 is 0 Å². The molecule has 1 aliphatic rings. The SMILES string of the molecule is COc1ccc(C(=O)N2CCCN(Cc3cccnc3N)CC2)cc1Cl. The van der Waals surface area contributed by atoms with Gasteiger partial charge < -0.3 is 15.4 Å². The van der Waals surface area contributed by atoms with E-state index in [9.17, 15) is 4.79 Å². The first-order chi connectivity index (χ1) is 12.6. The molecule has 1 saturated heterocycles. The number of hydrogen-bond donors (Lipinski definition) is 1. The summed E-state index contributed by atoms with van der Waals surface area (Å²) >= 11 is 6.15. The van der Waals surface area contributed by atoms with E-state index in [0.29, 0.717) is 28.7 Å². The van der Waals surface area contributed by atoms with Gasteiger partial charge in [-0.1, -0.05) is 17.7 Å². The lowest BCUT2D eigenvalue weighted by Gasteiger charge is -2.22. The molecule has 6 nitrogen and oxygen atoms in total. The highest BCUT2D eigenvalue weighted by molar-refractivity contribution is 6.32. The molecule has 2 aromatic rings. The minimum atomic E-state index is -0.00250. The average Bonchev–Trinajstić information content (AvgIpc) is 2.88. The second-order valence-electron chi connectivity index (χ2n) is 6.32. The summed E-state index contributed by atoms with van der Waals surface area (Å²) in [5.74, 6) is 1.13. The van der Waals surface area contributed by atoms with E-state index in [1.165, 1.54) is 0 Å². The Bertz CT molecular complexity index is 784. The molecular formula is C19H23ClN4O2. The lowest BCUT2D eigenvalue weighted by molar-refractivity contribution is 0.0761. The Kier molecular flexibility index (Phi) is 5.96. The molecule has 7 heteroatoms. The molecule has 0 unspecified atom stereocenters. The number of nitrogen functional groups attached to an aromatic ring is 1. The van der Waals surface area contributed by atoms with Gasteiger partial charge in [0.05, 0.1) is 12.1 Å². The topological polar surface area (TPSA) is 71.7 Å². The Morgan fingerprint density at radius 2 is 2.12 bits per heavy atom. The number of halogens is 1. The summed E-state index contributed by atoms with van der Waals surface area (Å²) < 4.78 is 5.15. The highest BCUT2D eigenvalue weighted by Gasteiger charge is 2.21. The Balaban J connectivity index is 1.64. The number of ether oxygens (including phenoxy) is 1. The van der Waals surface area contributed by atoms with Gasteiger partial charge in [0.25, 0.3) is 5.91 Å². The van der Waals surface area contributed by atoms with Crippen molar-refractivity contribution in [1.82, 2.24) is 14.8 Å². The molecule has 26 heavy (non-hydrogen) atoms. The molecule has 1 amide bonds. The summed E-state index contributed by atoms with van der Waals surface area (Å²) in [6.45, 7) is 3.85. The molecule has 1 fully saturated rings. The van der Waals surface area contributed by atoms with Gasteiger partial charge in [-0.05, 0) is 30.7 Å². The molecule has 0 saturated carbocycles. The van der Waals surface area contributed by atoms with Gasteiger partial charge in [0.15, 0.2) is 0 Å². The molecule has 2 heterocycles. The highest BCUT2D eigenvalue weighted by Crippen LogP contribution is 2.25. The van der Waals surface area contributed by atoms with Crippen LogP contribution in [-0.4, -0.2) is 54.0 Å². The number of carbonyl (C=O) groups excluding carboxylic acids is 1. The zero-order valence-electron chi connectivity index (χ0n) is 14.8. The van der Waals surface area contributed by atoms with Crippen LogP contribution in [0.5, 0.6) is 5.75 Å². The van der Waals surface area contributed by atoms with Crippen molar-refractivity contribution in [1.29, 1.82) is 0 Å². The number of nitrogens with two attached hydrogens (primary N) is 1. The molecule has 1 aliphatic heterocycles. The number of aromatic nitrogens is 1. The molecule has 0 aliphatic carbocycles. The van der Waals surface area contributed by atoms with Gasteiger partial charge in [-0.3, -0.25) is 9.69 Å². The Hall–Kier alpha value is -2.31. The molecule has 3 rings (SSSR count). The van der Waals surface area contributed by atoms with E-state index in [1.807, 2.05) is 17.0 Å². The fourth-order valence-corrected chi connectivity index (χ4v) is 3.40. The van der Waals surface area contributed by atoms with Crippen molar-refractivity contribution < 1.29 is 9.53 Å². The van der Waals surface area contributed by atoms with E-state index in [2.05, 4.69) is 9.88 Å². The largest absolute Gasteiger partial charge is 0.495 e.